The molecule has 1 aliphatic rings. The fourth-order valence-electron chi connectivity index (χ4n) is 1.03. The number of cyclic esters (lactones) is 1. The third-order valence-corrected chi connectivity index (χ3v) is 1.84. The molecular formula is C7H12O3. The number of carbonyl (C=O) groups is 1. The molecule has 3 nitrogen and oxygen atoms in total. The number of esters is 1. The molecule has 0 radical (unpaired) electrons. The van der Waals surface area contributed by atoms with Crippen LogP contribution in [0.5, 0.6) is 0 Å². The van der Waals surface area contributed by atoms with Crippen LogP contribution in [-0.2, 0) is 9.53 Å². The number of ether oxygens (including phenoxy) is 1. The van der Waals surface area contributed by atoms with E-state index in [2.05, 4.69) is 0 Å². The highest BCUT2D eigenvalue weighted by molar-refractivity contribution is 5.73. The molecule has 3 heteroatoms. The maximum absolute atomic E-state index is 10.8. The van der Waals surface area contributed by atoms with Gasteiger partial charge in [-0.3, -0.25) is 4.79 Å². The van der Waals surface area contributed by atoms with Crippen LogP contribution in [0.3, 0.4) is 0 Å². The second-order valence-electron chi connectivity index (χ2n) is 2.85. The summed E-state index contributed by atoms with van der Waals surface area (Å²) in [7, 11) is 0. The Hall–Kier alpha value is -0.570. The Balaban J connectivity index is 2.54. The smallest absolute Gasteiger partial charge is 0.309 e. The van der Waals surface area contributed by atoms with Gasteiger partial charge in [0, 0.05) is 0 Å². The highest BCUT2D eigenvalue weighted by atomic mass is 16.6. The maximum Gasteiger partial charge on any atom is 0.309 e. The number of hydrogen-bond acceptors (Lipinski definition) is 3. The molecule has 0 bridgehead atoms. The van der Waals surface area contributed by atoms with Crippen LogP contribution in [0.25, 0.3) is 0 Å². The van der Waals surface area contributed by atoms with E-state index >= 15 is 0 Å². The first-order valence-electron chi connectivity index (χ1n) is 3.50. The Labute approximate surface area is 60.0 Å². The summed E-state index contributed by atoms with van der Waals surface area (Å²) in [6.45, 7) is 3.46. The standard InChI is InChI=1S/C7H12O3/c1-4-3-6(8)5(2)10-7(4)9/h4-6,8H,3H2,1-2H3. The third-order valence-electron chi connectivity index (χ3n) is 1.84. The van der Waals surface area contributed by atoms with E-state index in [4.69, 9.17) is 4.74 Å². The summed E-state index contributed by atoms with van der Waals surface area (Å²) < 4.78 is 4.82. The van der Waals surface area contributed by atoms with Gasteiger partial charge < -0.3 is 9.84 Å². The van der Waals surface area contributed by atoms with Crippen molar-refractivity contribution in [1.29, 1.82) is 0 Å². The van der Waals surface area contributed by atoms with Crippen LogP contribution in [-0.4, -0.2) is 23.3 Å². The molecule has 0 spiro atoms. The molecule has 0 aromatic carbocycles. The number of aliphatic hydroxyl groups excluding tert-OH is 1. The first-order chi connectivity index (χ1) is 4.61. The van der Waals surface area contributed by atoms with Crippen LogP contribution in [0.4, 0.5) is 0 Å². The highest BCUT2D eigenvalue weighted by Crippen LogP contribution is 2.19. The van der Waals surface area contributed by atoms with E-state index in [-0.39, 0.29) is 18.0 Å². The highest BCUT2D eigenvalue weighted by Gasteiger charge is 2.30. The second kappa shape index (κ2) is 2.58. The van der Waals surface area contributed by atoms with Crippen LogP contribution < -0.4 is 0 Å². The minimum atomic E-state index is -0.479. The van der Waals surface area contributed by atoms with E-state index in [1.807, 2.05) is 0 Å². The van der Waals surface area contributed by atoms with Crippen LogP contribution in [0.1, 0.15) is 20.3 Å². The van der Waals surface area contributed by atoms with Gasteiger partial charge in [0.1, 0.15) is 6.10 Å². The van der Waals surface area contributed by atoms with Gasteiger partial charge in [-0.15, -0.1) is 0 Å². The van der Waals surface area contributed by atoms with Crippen molar-refractivity contribution in [2.45, 2.75) is 32.5 Å². The first kappa shape index (κ1) is 7.54. The van der Waals surface area contributed by atoms with Crippen LogP contribution in [0, 0.1) is 5.92 Å². The van der Waals surface area contributed by atoms with Crippen molar-refractivity contribution in [3.8, 4) is 0 Å². The lowest BCUT2D eigenvalue weighted by Gasteiger charge is -2.28. The molecule has 0 aromatic rings. The lowest BCUT2D eigenvalue weighted by molar-refractivity contribution is -0.168. The van der Waals surface area contributed by atoms with E-state index in [0.29, 0.717) is 6.42 Å². The fraction of sp³-hybridized carbons (Fsp3) is 0.857. The average Bonchev–Trinajstić information content (AvgIpc) is 1.84. The zero-order chi connectivity index (χ0) is 7.72. The molecule has 10 heavy (non-hydrogen) atoms. The summed E-state index contributed by atoms with van der Waals surface area (Å²) in [4.78, 5) is 10.8. The Bertz CT molecular complexity index is 144. The Morgan fingerprint density at radius 2 is 2.20 bits per heavy atom. The van der Waals surface area contributed by atoms with Crippen molar-refractivity contribution in [1.82, 2.24) is 0 Å². The summed E-state index contributed by atoms with van der Waals surface area (Å²) in [6, 6.07) is 0. The topological polar surface area (TPSA) is 46.5 Å². The molecule has 1 N–H and O–H groups in total. The van der Waals surface area contributed by atoms with Gasteiger partial charge in [0.15, 0.2) is 0 Å². The summed E-state index contributed by atoms with van der Waals surface area (Å²) in [6.07, 6.45) is -0.281. The van der Waals surface area contributed by atoms with Gasteiger partial charge in [-0.05, 0) is 13.3 Å². The van der Waals surface area contributed by atoms with Crippen molar-refractivity contribution in [2.75, 3.05) is 0 Å². The van der Waals surface area contributed by atoms with E-state index in [9.17, 15) is 9.90 Å². The Kier molecular flexibility index (Phi) is 1.94. The van der Waals surface area contributed by atoms with Gasteiger partial charge in [0.05, 0.1) is 12.0 Å². The minimum Gasteiger partial charge on any atom is -0.460 e. The SMILES string of the molecule is CC1CC(O)C(C)OC1=O. The normalized spacial score (nSPS) is 41.1. The number of aliphatic hydroxyl groups is 1. The van der Waals surface area contributed by atoms with Crippen LogP contribution in [0.15, 0.2) is 0 Å². The van der Waals surface area contributed by atoms with Crippen molar-refractivity contribution in [3.63, 3.8) is 0 Å². The Morgan fingerprint density at radius 1 is 1.60 bits per heavy atom. The maximum atomic E-state index is 10.8. The van der Waals surface area contributed by atoms with E-state index < -0.39 is 6.10 Å². The largest absolute Gasteiger partial charge is 0.460 e. The van der Waals surface area contributed by atoms with Gasteiger partial charge in [0.2, 0.25) is 0 Å². The molecule has 0 amide bonds. The molecule has 1 heterocycles. The fourth-order valence-corrected chi connectivity index (χ4v) is 1.03. The van der Waals surface area contributed by atoms with Crippen molar-refractivity contribution >= 4 is 5.97 Å². The quantitative estimate of drug-likeness (QED) is 0.498. The molecule has 0 saturated carbocycles. The van der Waals surface area contributed by atoms with Crippen LogP contribution >= 0.6 is 0 Å². The third kappa shape index (κ3) is 1.29. The number of hydrogen-bond donors (Lipinski definition) is 1. The summed E-state index contributed by atoms with van der Waals surface area (Å²) in [5.74, 6) is -0.344. The first-order valence-corrected chi connectivity index (χ1v) is 3.50. The summed E-state index contributed by atoms with van der Waals surface area (Å²) in [5.41, 5.74) is 0. The average molecular weight is 144 g/mol. The molecule has 58 valence electrons. The zero-order valence-electron chi connectivity index (χ0n) is 6.20. The summed E-state index contributed by atoms with van der Waals surface area (Å²) in [5, 5.41) is 9.19. The molecule has 0 aromatic heterocycles. The molecule has 3 unspecified atom stereocenters. The van der Waals surface area contributed by atoms with Crippen LogP contribution in [0.2, 0.25) is 0 Å². The lowest BCUT2D eigenvalue weighted by Crippen LogP contribution is -2.38. The monoisotopic (exact) mass is 144 g/mol. The molecule has 1 saturated heterocycles. The summed E-state index contributed by atoms with van der Waals surface area (Å²) >= 11 is 0. The number of rotatable bonds is 0. The lowest BCUT2D eigenvalue weighted by atomic mass is 9.98. The zero-order valence-corrected chi connectivity index (χ0v) is 6.20. The molecule has 1 fully saturated rings. The van der Waals surface area contributed by atoms with Gasteiger partial charge in [-0.1, -0.05) is 6.92 Å². The predicted octanol–water partition coefficient (Wildman–Crippen LogP) is 0.319. The van der Waals surface area contributed by atoms with E-state index in [0.717, 1.165) is 0 Å². The van der Waals surface area contributed by atoms with Gasteiger partial charge in [0.25, 0.3) is 0 Å². The number of carbonyl (C=O) groups excluding carboxylic acids is 1. The molecule has 0 aliphatic carbocycles. The van der Waals surface area contributed by atoms with Gasteiger partial charge in [-0.2, -0.15) is 0 Å². The van der Waals surface area contributed by atoms with Crippen molar-refractivity contribution < 1.29 is 14.6 Å². The predicted molar refractivity (Wildman–Crippen MR) is 35.3 cm³/mol. The van der Waals surface area contributed by atoms with Crippen molar-refractivity contribution in [3.05, 3.63) is 0 Å². The Morgan fingerprint density at radius 3 is 2.70 bits per heavy atom. The van der Waals surface area contributed by atoms with E-state index in [1.54, 1.807) is 13.8 Å². The van der Waals surface area contributed by atoms with Gasteiger partial charge >= 0.3 is 5.97 Å². The van der Waals surface area contributed by atoms with Gasteiger partial charge in [-0.25, -0.2) is 0 Å². The molecule has 1 rings (SSSR count). The molecule has 1 aliphatic heterocycles. The molecule has 3 atom stereocenters. The molecular weight excluding hydrogens is 132 g/mol. The minimum absolute atomic E-state index is 0.147. The second-order valence-corrected chi connectivity index (χ2v) is 2.85. The van der Waals surface area contributed by atoms with E-state index in [1.165, 1.54) is 0 Å². The van der Waals surface area contributed by atoms with Crippen molar-refractivity contribution in [2.24, 2.45) is 5.92 Å².